The molecule has 1 unspecified atom stereocenters. The summed E-state index contributed by atoms with van der Waals surface area (Å²) in [6.07, 6.45) is 2.97. The topological polar surface area (TPSA) is 65.0 Å². The average Bonchev–Trinajstić information content (AvgIpc) is 2.62. The molecule has 2 aliphatic rings. The maximum atomic E-state index is 12.4. The predicted octanol–water partition coefficient (Wildman–Crippen LogP) is 2.22. The van der Waals surface area contributed by atoms with E-state index >= 15 is 0 Å². The molecule has 0 saturated heterocycles. The van der Waals surface area contributed by atoms with E-state index in [-0.39, 0.29) is 24.3 Å². The SMILES string of the molecule is CCN1CC(CN(C)C(=O)NC2CCC(O)CC2)Oc2ccccc21. The van der Waals surface area contributed by atoms with Crippen LogP contribution in [0.5, 0.6) is 5.75 Å². The number of fused-ring (bicyclic) bond motifs is 1. The minimum atomic E-state index is -0.207. The van der Waals surface area contributed by atoms with Crippen molar-refractivity contribution < 1.29 is 14.6 Å². The molecule has 2 amide bonds. The molecule has 6 heteroatoms. The standard InChI is InChI=1S/C19H29N3O3/c1-3-22-13-16(25-18-7-5-4-6-17(18)22)12-21(2)19(24)20-14-8-10-15(23)11-9-14/h4-7,14-16,23H,3,8-13H2,1-2H3,(H,20,24). The Morgan fingerprint density at radius 2 is 2.04 bits per heavy atom. The number of urea groups is 1. The largest absolute Gasteiger partial charge is 0.485 e. The van der Waals surface area contributed by atoms with Crippen LogP contribution in [-0.4, -0.2) is 61.0 Å². The van der Waals surface area contributed by atoms with Crippen LogP contribution in [0.2, 0.25) is 0 Å². The van der Waals surface area contributed by atoms with Crippen molar-refractivity contribution in [1.82, 2.24) is 10.2 Å². The Labute approximate surface area is 149 Å². The van der Waals surface area contributed by atoms with E-state index in [1.165, 1.54) is 0 Å². The third-order valence-electron chi connectivity index (χ3n) is 5.15. The lowest BCUT2D eigenvalue weighted by atomic mass is 9.93. The monoisotopic (exact) mass is 347 g/mol. The fourth-order valence-corrected chi connectivity index (χ4v) is 3.67. The van der Waals surface area contributed by atoms with Crippen molar-refractivity contribution in [2.45, 2.75) is 50.9 Å². The van der Waals surface area contributed by atoms with Crippen LogP contribution in [0.4, 0.5) is 10.5 Å². The smallest absolute Gasteiger partial charge is 0.317 e. The third-order valence-corrected chi connectivity index (χ3v) is 5.15. The van der Waals surface area contributed by atoms with Gasteiger partial charge in [0, 0.05) is 19.6 Å². The van der Waals surface area contributed by atoms with Crippen LogP contribution < -0.4 is 15.0 Å². The van der Waals surface area contributed by atoms with Crippen LogP contribution in [0.25, 0.3) is 0 Å². The molecule has 1 aliphatic carbocycles. The van der Waals surface area contributed by atoms with Gasteiger partial charge in [-0.3, -0.25) is 0 Å². The van der Waals surface area contributed by atoms with Crippen molar-refractivity contribution in [3.05, 3.63) is 24.3 Å². The molecule has 138 valence electrons. The number of benzene rings is 1. The maximum Gasteiger partial charge on any atom is 0.317 e. The van der Waals surface area contributed by atoms with Crippen molar-refractivity contribution in [2.75, 3.05) is 31.6 Å². The number of nitrogens with one attached hydrogen (secondary N) is 1. The second-order valence-corrected chi connectivity index (χ2v) is 7.08. The molecule has 0 bridgehead atoms. The fraction of sp³-hybridized carbons (Fsp3) is 0.632. The molecule has 1 heterocycles. The van der Waals surface area contributed by atoms with Gasteiger partial charge in [-0.05, 0) is 44.7 Å². The minimum Gasteiger partial charge on any atom is -0.485 e. The quantitative estimate of drug-likeness (QED) is 0.877. The molecule has 0 spiro atoms. The highest BCUT2D eigenvalue weighted by atomic mass is 16.5. The summed E-state index contributed by atoms with van der Waals surface area (Å²) in [7, 11) is 1.81. The number of para-hydroxylation sites is 2. The predicted molar refractivity (Wildman–Crippen MR) is 98.2 cm³/mol. The Bertz CT molecular complexity index is 587. The van der Waals surface area contributed by atoms with Gasteiger partial charge >= 0.3 is 6.03 Å². The van der Waals surface area contributed by atoms with Gasteiger partial charge in [-0.25, -0.2) is 4.79 Å². The second-order valence-electron chi connectivity index (χ2n) is 7.08. The van der Waals surface area contributed by atoms with Gasteiger partial charge in [0.1, 0.15) is 11.9 Å². The molecule has 1 aromatic rings. The van der Waals surface area contributed by atoms with Gasteiger partial charge in [-0.1, -0.05) is 12.1 Å². The third kappa shape index (κ3) is 4.37. The van der Waals surface area contributed by atoms with E-state index in [0.29, 0.717) is 6.54 Å². The Morgan fingerprint density at radius 1 is 1.32 bits per heavy atom. The van der Waals surface area contributed by atoms with Crippen LogP contribution >= 0.6 is 0 Å². The highest BCUT2D eigenvalue weighted by Gasteiger charge is 2.28. The lowest BCUT2D eigenvalue weighted by Gasteiger charge is -2.37. The molecular weight excluding hydrogens is 318 g/mol. The summed E-state index contributed by atoms with van der Waals surface area (Å²) in [4.78, 5) is 16.4. The van der Waals surface area contributed by atoms with Crippen LogP contribution in [0, 0.1) is 0 Å². The maximum absolute atomic E-state index is 12.4. The number of anilines is 1. The first-order chi connectivity index (χ1) is 12.1. The normalized spacial score (nSPS) is 25.7. The molecule has 1 atom stereocenters. The van der Waals surface area contributed by atoms with Crippen LogP contribution in [0.15, 0.2) is 24.3 Å². The lowest BCUT2D eigenvalue weighted by Crippen LogP contribution is -2.50. The Morgan fingerprint density at radius 3 is 2.76 bits per heavy atom. The minimum absolute atomic E-state index is 0.0428. The summed E-state index contributed by atoms with van der Waals surface area (Å²) in [5.41, 5.74) is 1.12. The molecule has 6 nitrogen and oxygen atoms in total. The first-order valence-corrected chi connectivity index (χ1v) is 9.27. The molecule has 1 aromatic carbocycles. The average molecular weight is 347 g/mol. The van der Waals surface area contributed by atoms with Gasteiger partial charge in [0.25, 0.3) is 0 Å². The van der Waals surface area contributed by atoms with Gasteiger partial charge in [-0.2, -0.15) is 0 Å². The van der Waals surface area contributed by atoms with Crippen molar-refractivity contribution in [3.8, 4) is 5.75 Å². The summed E-state index contributed by atoms with van der Waals surface area (Å²) in [6, 6.07) is 8.15. The van der Waals surface area contributed by atoms with E-state index in [1.807, 2.05) is 25.2 Å². The Kier molecular flexibility index (Phi) is 5.68. The number of hydrogen-bond donors (Lipinski definition) is 2. The number of ether oxygens (including phenoxy) is 1. The zero-order valence-electron chi connectivity index (χ0n) is 15.1. The number of likely N-dealkylation sites (N-methyl/N-ethyl adjacent to an activating group) is 2. The summed E-state index contributed by atoms with van der Waals surface area (Å²) >= 11 is 0. The summed E-state index contributed by atoms with van der Waals surface area (Å²) in [5, 5.41) is 12.7. The number of nitrogens with zero attached hydrogens (tertiary/aromatic N) is 2. The van der Waals surface area contributed by atoms with E-state index in [1.54, 1.807) is 4.90 Å². The van der Waals surface area contributed by atoms with Gasteiger partial charge in [-0.15, -0.1) is 0 Å². The molecule has 0 radical (unpaired) electrons. The lowest BCUT2D eigenvalue weighted by molar-refractivity contribution is 0.113. The molecular formula is C19H29N3O3. The zero-order chi connectivity index (χ0) is 17.8. The highest BCUT2D eigenvalue weighted by molar-refractivity contribution is 5.74. The van der Waals surface area contributed by atoms with Gasteiger partial charge < -0.3 is 25.0 Å². The molecule has 1 fully saturated rings. The second kappa shape index (κ2) is 7.95. The van der Waals surface area contributed by atoms with E-state index in [9.17, 15) is 9.90 Å². The number of aliphatic hydroxyl groups excluding tert-OH is 1. The first kappa shape index (κ1) is 17.9. The number of hydrogen-bond acceptors (Lipinski definition) is 4. The zero-order valence-corrected chi connectivity index (χ0v) is 15.1. The number of amides is 2. The molecule has 3 rings (SSSR count). The first-order valence-electron chi connectivity index (χ1n) is 9.27. The van der Waals surface area contributed by atoms with E-state index in [4.69, 9.17) is 4.74 Å². The fourth-order valence-electron chi connectivity index (χ4n) is 3.67. The number of carbonyl (C=O) groups excluding carboxylic acids is 1. The number of carbonyl (C=O) groups is 1. The van der Waals surface area contributed by atoms with Gasteiger partial charge in [0.15, 0.2) is 0 Å². The number of aliphatic hydroxyl groups is 1. The highest BCUT2D eigenvalue weighted by Crippen LogP contribution is 2.32. The number of rotatable bonds is 4. The van der Waals surface area contributed by atoms with Crippen molar-refractivity contribution >= 4 is 11.7 Å². The van der Waals surface area contributed by atoms with Crippen molar-refractivity contribution in [3.63, 3.8) is 0 Å². The van der Waals surface area contributed by atoms with Crippen LogP contribution in [0.3, 0.4) is 0 Å². The molecule has 1 saturated carbocycles. The van der Waals surface area contributed by atoms with E-state index in [0.717, 1.165) is 50.2 Å². The summed E-state index contributed by atoms with van der Waals surface area (Å²) in [6.45, 7) is 4.37. The molecule has 1 aliphatic heterocycles. The Hall–Kier alpha value is -1.95. The van der Waals surface area contributed by atoms with E-state index < -0.39 is 0 Å². The van der Waals surface area contributed by atoms with Gasteiger partial charge in [0.05, 0.1) is 24.9 Å². The van der Waals surface area contributed by atoms with E-state index in [2.05, 4.69) is 23.2 Å². The van der Waals surface area contributed by atoms with Crippen LogP contribution in [0.1, 0.15) is 32.6 Å². The summed E-state index contributed by atoms with van der Waals surface area (Å²) < 4.78 is 6.09. The van der Waals surface area contributed by atoms with Crippen molar-refractivity contribution in [2.24, 2.45) is 0 Å². The molecule has 2 N–H and O–H groups in total. The molecule has 0 aromatic heterocycles. The van der Waals surface area contributed by atoms with Crippen LogP contribution in [-0.2, 0) is 0 Å². The summed E-state index contributed by atoms with van der Waals surface area (Å²) in [5.74, 6) is 0.885. The Balaban J connectivity index is 1.54. The van der Waals surface area contributed by atoms with Crippen molar-refractivity contribution in [1.29, 1.82) is 0 Å². The van der Waals surface area contributed by atoms with Gasteiger partial charge in [0.2, 0.25) is 0 Å². The molecule has 25 heavy (non-hydrogen) atoms.